The van der Waals surface area contributed by atoms with Gasteiger partial charge in [-0.25, -0.2) is 4.39 Å². The van der Waals surface area contributed by atoms with Gasteiger partial charge in [0.1, 0.15) is 5.82 Å². The first-order chi connectivity index (χ1) is 11.0. The molecule has 128 valence electrons. The highest BCUT2D eigenvalue weighted by Gasteiger charge is 2.36. The highest BCUT2D eigenvalue weighted by Crippen LogP contribution is 2.33. The highest BCUT2D eigenvalue weighted by molar-refractivity contribution is 6.31. The van der Waals surface area contributed by atoms with Crippen molar-refractivity contribution < 1.29 is 19.0 Å². The van der Waals surface area contributed by atoms with Crippen LogP contribution in [0.3, 0.4) is 0 Å². The number of halogens is 2. The maximum absolute atomic E-state index is 13.9. The number of aliphatic hydroxyl groups excluding tert-OH is 1. The standard InChI is InChI=1S/C17H23ClFNO3/c1-23-9-7-17(12-21)6-3-8-20(11-17)16(22)10-13-14(18)4-2-5-15(13)19/h2,4-5,21H,3,6-12H2,1H3/t17-/m1/s1. The van der Waals surface area contributed by atoms with Crippen LogP contribution < -0.4 is 0 Å². The largest absolute Gasteiger partial charge is 0.396 e. The average molecular weight is 344 g/mol. The van der Waals surface area contributed by atoms with Crippen LogP contribution in [0.15, 0.2) is 18.2 Å². The van der Waals surface area contributed by atoms with E-state index in [2.05, 4.69) is 0 Å². The Morgan fingerprint density at radius 3 is 2.96 bits per heavy atom. The highest BCUT2D eigenvalue weighted by atomic mass is 35.5. The minimum absolute atomic E-state index is 0.0145. The van der Waals surface area contributed by atoms with Gasteiger partial charge in [0.05, 0.1) is 13.0 Å². The summed E-state index contributed by atoms with van der Waals surface area (Å²) < 4.78 is 19.0. The van der Waals surface area contributed by atoms with Gasteiger partial charge in [-0.05, 0) is 31.4 Å². The Balaban J connectivity index is 2.07. The van der Waals surface area contributed by atoms with Crippen LogP contribution in [0.5, 0.6) is 0 Å². The summed E-state index contributed by atoms with van der Waals surface area (Å²) in [5.74, 6) is -0.623. The zero-order valence-electron chi connectivity index (χ0n) is 13.4. The number of methoxy groups -OCH3 is 1. The summed E-state index contributed by atoms with van der Waals surface area (Å²) in [4.78, 5) is 14.2. The molecule has 1 aromatic rings. The van der Waals surface area contributed by atoms with Crippen molar-refractivity contribution in [1.29, 1.82) is 0 Å². The number of rotatable bonds is 6. The molecule has 1 amide bonds. The van der Waals surface area contributed by atoms with E-state index in [-0.39, 0.29) is 34.9 Å². The van der Waals surface area contributed by atoms with Gasteiger partial charge in [0.2, 0.25) is 5.91 Å². The van der Waals surface area contributed by atoms with E-state index in [1.165, 1.54) is 12.1 Å². The fourth-order valence-corrected chi connectivity index (χ4v) is 3.35. The molecule has 23 heavy (non-hydrogen) atoms. The number of likely N-dealkylation sites (tertiary alicyclic amines) is 1. The topological polar surface area (TPSA) is 49.8 Å². The molecule has 1 saturated heterocycles. The van der Waals surface area contributed by atoms with Gasteiger partial charge in [0.25, 0.3) is 0 Å². The zero-order valence-corrected chi connectivity index (χ0v) is 14.1. The average Bonchev–Trinajstić information content (AvgIpc) is 2.56. The van der Waals surface area contributed by atoms with Crippen LogP contribution in [0, 0.1) is 11.2 Å². The van der Waals surface area contributed by atoms with Gasteiger partial charge in [-0.2, -0.15) is 0 Å². The van der Waals surface area contributed by atoms with Gasteiger partial charge in [0.15, 0.2) is 0 Å². The molecule has 6 heteroatoms. The summed E-state index contributed by atoms with van der Waals surface area (Å²) in [5.41, 5.74) is -0.0978. The van der Waals surface area contributed by atoms with Crippen molar-refractivity contribution in [2.24, 2.45) is 5.41 Å². The maximum Gasteiger partial charge on any atom is 0.227 e. The van der Waals surface area contributed by atoms with Gasteiger partial charge < -0.3 is 14.7 Å². The second kappa shape index (κ2) is 8.08. The third kappa shape index (κ3) is 4.43. The molecule has 4 nitrogen and oxygen atoms in total. The van der Waals surface area contributed by atoms with Gasteiger partial charge in [-0.3, -0.25) is 4.79 Å². The molecule has 1 atom stereocenters. The summed E-state index contributed by atoms with van der Waals surface area (Å²) in [6, 6.07) is 4.41. The molecule has 1 aliphatic heterocycles. The Hall–Kier alpha value is -1.17. The number of nitrogens with zero attached hydrogens (tertiary/aromatic N) is 1. The number of amides is 1. The molecule has 0 aromatic heterocycles. The second-order valence-corrected chi connectivity index (χ2v) is 6.60. The van der Waals surface area contributed by atoms with Crippen molar-refractivity contribution in [3.63, 3.8) is 0 Å². The first kappa shape index (κ1) is 18.2. The Kier molecular flexibility index (Phi) is 6.39. The molecular formula is C17H23ClFNO3. The Bertz CT molecular complexity index is 534. The fraction of sp³-hybridized carbons (Fsp3) is 0.588. The summed E-state index contributed by atoms with van der Waals surface area (Å²) in [6.45, 7) is 1.65. The van der Waals surface area contributed by atoms with Crippen molar-refractivity contribution in [2.75, 3.05) is 33.4 Å². The number of carbonyl (C=O) groups excluding carboxylic acids is 1. The summed E-state index contributed by atoms with van der Waals surface area (Å²) in [7, 11) is 1.62. The number of carbonyl (C=O) groups is 1. The van der Waals surface area contributed by atoms with Crippen LogP contribution in [0.2, 0.25) is 5.02 Å². The molecule has 1 aromatic carbocycles. The lowest BCUT2D eigenvalue weighted by atomic mass is 9.78. The molecule has 0 bridgehead atoms. The van der Waals surface area contributed by atoms with E-state index < -0.39 is 5.82 Å². The van der Waals surface area contributed by atoms with E-state index in [1.54, 1.807) is 18.1 Å². The SMILES string of the molecule is COCC[C@]1(CO)CCCN(C(=O)Cc2c(F)cccc2Cl)C1. The van der Waals surface area contributed by atoms with Crippen LogP contribution in [0.1, 0.15) is 24.8 Å². The maximum atomic E-state index is 13.9. The van der Waals surface area contributed by atoms with Crippen molar-refractivity contribution in [3.05, 3.63) is 34.6 Å². The van der Waals surface area contributed by atoms with E-state index >= 15 is 0 Å². The monoisotopic (exact) mass is 343 g/mol. The van der Waals surface area contributed by atoms with Crippen LogP contribution >= 0.6 is 11.6 Å². The van der Waals surface area contributed by atoms with E-state index in [0.717, 1.165) is 12.8 Å². The third-order valence-corrected chi connectivity index (χ3v) is 4.93. The number of aliphatic hydroxyl groups is 1. The Labute approximate surface area is 141 Å². The molecule has 0 unspecified atom stereocenters. The molecule has 1 N–H and O–H groups in total. The second-order valence-electron chi connectivity index (χ2n) is 6.20. The third-order valence-electron chi connectivity index (χ3n) is 4.58. The number of ether oxygens (including phenoxy) is 1. The minimum Gasteiger partial charge on any atom is -0.396 e. The first-order valence-corrected chi connectivity index (χ1v) is 8.19. The normalized spacial score (nSPS) is 21.5. The van der Waals surface area contributed by atoms with Crippen LogP contribution in [0.4, 0.5) is 4.39 Å². The van der Waals surface area contributed by atoms with Crippen molar-refractivity contribution in [3.8, 4) is 0 Å². The quantitative estimate of drug-likeness (QED) is 0.864. The summed E-state index contributed by atoms with van der Waals surface area (Å²) in [5, 5.41) is 10.0. The molecule has 0 spiro atoms. The fourth-order valence-electron chi connectivity index (χ4n) is 3.12. The molecule has 0 saturated carbocycles. The molecule has 0 aliphatic carbocycles. The van der Waals surface area contributed by atoms with Gasteiger partial charge in [-0.15, -0.1) is 0 Å². The lowest BCUT2D eigenvalue weighted by molar-refractivity contribution is -0.135. The molecule has 1 fully saturated rings. The van der Waals surface area contributed by atoms with E-state index in [4.69, 9.17) is 16.3 Å². The van der Waals surface area contributed by atoms with Crippen LogP contribution in [0.25, 0.3) is 0 Å². The predicted molar refractivity (Wildman–Crippen MR) is 86.9 cm³/mol. The predicted octanol–water partition coefficient (Wildman–Crippen LogP) is 2.66. The van der Waals surface area contributed by atoms with Crippen molar-refractivity contribution >= 4 is 17.5 Å². The molecular weight excluding hydrogens is 321 g/mol. The number of hydrogen-bond acceptors (Lipinski definition) is 3. The van der Waals surface area contributed by atoms with E-state index in [9.17, 15) is 14.3 Å². The summed E-state index contributed by atoms with van der Waals surface area (Å²) >= 11 is 6.00. The van der Waals surface area contributed by atoms with E-state index in [1.807, 2.05) is 0 Å². The lowest BCUT2D eigenvalue weighted by Crippen LogP contribution is -2.48. The van der Waals surface area contributed by atoms with Crippen molar-refractivity contribution in [2.45, 2.75) is 25.7 Å². The Morgan fingerprint density at radius 2 is 2.30 bits per heavy atom. The molecule has 2 rings (SSSR count). The smallest absolute Gasteiger partial charge is 0.227 e. The number of piperidine rings is 1. The first-order valence-electron chi connectivity index (χ1n) is 7.82. The minimum atomic E-state index is -0.462. The van der Waals surface area contributed by atoms with E-state index in [0.29, 0.717) is 26.1 Å². The number of benzene rings is 1. The van der Waals surface area contributed by atoms with Gasteiger partial charge >= 0.3 is 0 Å². The lowest BCUT2D eigenvalue weighted by Gasteiger charge is -2.42. The molecule has 1 aliphatic rings. The number of hydrogen-bond donors (Lipinski definition) is 1. The van der Waals surface area contributed by atoms with Crippen LogP contribution in [-0.4, -0.2) is 49.3 Å². The summed E-state index contributed by atoms with van der Waals surface area (Å²) in [6.07, 6.45) is 2.32. The Morgan fingerprint density at radius 1 is 1.52 bits per heavy atom. The van der Waals surface area contributed by atoms with Crippen LogP contribution in [-0.2, 0) is 16.0 Å². The molecule has 1 heterocycles. The molecule has 0 radical (unpaired) electrons. The zero-order chi connectivity index (χ0) is 16.9. The van der Waals surface area contributed by atoms with Crippen molar-refractivity contribution in [1.82, 2.24) is 4.90 Å². The van der Waals surface area contributed by atoms with Gasteiger partial charge in [0, 0.05) is 42.8 Å². The van der Waals surface area contributed by atoms with Gasteiger partial charge in [-0.1, -0.05) is 17.7 Å².